The third-order valence-electron chi connectivity index (χ3n) is 4.88. The van der Waals surface area contributed by atoms with Gasteiger partial charge in [-0.15, -0.1) is 0 Å². The van der Waals surface area contributed by atoms with E-state index in [1.807, 2.05) is 17.9 Å². The predicted molar refractivity (Wildman–Crippen MR) is 87.9 cm³/mol. The van der Waals surface area contributed by atoms with Gasteiger partial charge in [-0.2, -0.15) is 5.10 Å². The first-order valence-electron chi connectivity index (χ1n) is 8.53. The van der Waals surface area contributed by atoms with Crippen molar-refractivity contribution >= 4 is 5.91 Å². The van der Waals surface area contributed by atoms with Crippen molar-refractivity contribution in [3.05, 3.63) is 34.7 Å². The fourth-order valence-electron chi connectivity index (χ4n) is 3.55. The lowest BCUT2D eigenvalue weighted by atomic mass is 10.2. The zero-order valence-corrected chi connectivity index (χ0v) is 14.4. The molecule has 1 aliphatic carbocycles. The van der Waals surface area contributed by atoms with Crippen molar-refractivity contribution in [2.75, 3.05) is 19.7 Å². The van der Waals surface area contributed by atoms with Crippen molar-refractivity contribution in [3.63, 3.8) is 0 Å². The Balaban J connectivity index is 1.55. The standard InChI is InChI=1S/C17H23N5O2/c1-10-8-14(11(2)22(10)13-4-5-13)17(23)21-6-7-24-15(9-21)16-18-12(3)19-20-16/h8,13,15H,4-7,9H2,1-3H3,(H,18,19,20). The Hall–Kier alpha value is -2.15. The molecule has 0 aromatic carbocycles. The molecule has 0 radical (unpaired) electrons. The second-order valence-corrected chi connectivity index (χ2v) is 6.78. The van der Waals surface area contributed by atoms with E-state index in [4.69, 9.17) is 4.74 Å². The number of morpholine rings is 1. The molecule has 4 rings (SSSR count). The van der Waals surface area contributed by atoms with Crippen LogP contribution in [0.2, 0.25) is 0 Å². The third-order valence-corrected chi connectivity index (χ3v) is 4.88. The summed E-state index contributed by atoms with van der Waals surface area (Å²) in [5.41, 5.74) is 3.07. The highest BCUT2D eigenvalue weighted by atomic mass is 16.5. The first kappa shape index (κ1) is 15.4. The fraction of sp³-hybridized carbons (Fsp3) is 0.588. The summed E-state index contributed by atoms with van der Waals surface area (Å²) in [6, 6.07) is 2.61. The quantitative estimate of drug-likeness (QED) is 0.935. The van der Waals surface area contributed by atoms with Gasteiger partial charge in [-0.05, 0) is 39.7 Å². The van der Waals surface area contributed by atoms with Crippen molar-refractivity contribution in [3.8, 4) is 0 Å². The van der Waals surface area contributed by atoms with Crippen LogP contribution in [0.5, 0.6) is 0 Å². The normalized spacial score (nSPS) is 21.3. The number of ether oxygens (including phenoxy) is 1. The highest BCUT2D eigenvalue weighted by molar-refractivity contribution is 5.95. The van der Waals surface area contributed by atoms with Crippen LogP contribution in [0.4, 0.5) is 0 Å². The fourth-order valence-corrected chi connectivity index (χ4v) is 3.55. The molecule has 2 aliphatic rings. The molecular formula is C17H23N5O2. The molecule has 7 heteroatoms. The van der Waals surface area contributed by atoms with Crippen LogP contribution in [0.15, 0.2) is 6.07 Å². The molecule has 24 heavy (non-hydrogen) atoms. The number of rotatable bonds is 3. The van der Waals surface area contributed by atoms with E-state index < -0.39 is 0 Å². The largest absolute Gasteiger partial charge is 0.366 e. The topological polar surface area (TPSA) is 76.0 Å². The van der Waals surface area contributed by atoms with Gasteiger partial charge in [-0.3, -0.25) is 9.89 Å². The number of aromatic amines is 1. The van der Waals surface area contributed by atoms with Crippen molar-refractivity contribution < 1.29 is 9.53 Å². The molecular weight excluding hydrogens is 306 g/mol. The van der Waals surface area contributed by atoms with E-state index in [0.29, 0.717) is 31.6 Å². The number of aromatic nitrogens is 4. The summed E-state index contributed by atoms with van der Waals surface area (Å²) >= 11 is 0. The maximum atomic E-state index is 13.0. The van der Waals surface area contributed by atoms with Crippen molar-refractivity contribution in [2.45, 2.75) is 45.8 Å². The lowest BCUT2D eigenvalue weighted by Gasteiger charge is -2.31. The van der Waals surface area contributed by atoms with Crippen molar-refractivity contribution in [1.82, 2.24) is 24.6 Å². The minimum atomic E-state index is -0.264. The zero-order valence-electron chi connectivity index (χ0n) is 14.4. The van der Waals surface area contributed by atoms with E-state index in [1.54, 1.807) is 0 Å². The number of hydrogen-bond donors (Lipinski definition) is 1. The summed E-state index contributed by atoms with van der Waals surface area (Å²) in [6.07, 6.45) is 2.17. The predicted octanol–water partition coefficient (Wildman–Crippen LogP) is 2.08. The van der Waals surface area contributed by atoms with E-state index in [1.165, 1.54) is 18.5 Å². The van der Waals surface area contributed by atoms with Gasteiger partial charge >= 0.3 is 0 Å². The second-order valence-electron chi connectivity index (χ2n) is 6.78. The lowest BCUT2D eigenvalue weighted by Crippen LogP contribution is -2.42. The lowest BCUT2D eigenvalue weighted by molar-refractivity contribution is -0.0267. The number of aryl methyl sites for hydroxylation is 2. The molecule has 1 aliphatic heterocycles. The summed E-state index contributed by atoms with van der Waals surface area (Å²) in [6.45, 7) is 7.59. The highest BCUT2D eigenvalue weighted by Crippen LogP contribution is 2.38. The number of carbonyl (C=O) groups is 1. The Morgan fingerprint density at radius 2 is 2.12 bits per heavy atom. The van der Waals surface area contributed by atoms with Gasteiger partial charge in [0.05, 0.1) is 18.7 Å². The molecule has 1 amide bonds. The first-order valence-corrected chi connectivity index (χ1v) is 8.53. The van der Waals surface area contributed by atoms with Crippen LogP contribution in [-0.4, -0.2) is 50.3 Å². The molecule has 1 unspecified atom stereocenters. The van der Waals surface area contributed by atoms with Gasteiger partial charge in [0, 0.05) is 24.0 Å². The molecule has 3 heterocycles. The summed E-state index contributed by atoms with van der Waals surface area (Å²) in [4.78, 5) is 19.2. The van der Waals surface area contributed by atoms with Crippen LogP contribution >= 0.6 is 0 Å². The number of nitrogens with zero attached hydrogens (tertiary/aromatic N) is 4. The van der Waals surface area contributed by atoms with Gasteiger partial charge in [0.2, 0.25) is 0 Å². The Bertz CT molecular complexity index is 774. The molecule has 0 spiro atoms. The molecule has 2 fully saturated rings. The van der Waals surface area contributed by atoms with Gasteiger partial charge < -0.3 is 14.2 Å². The van der Waals surface area contributed by atoms with E-state index in [-0.39, 0.29) is 12.0 Å². The minimum absolute atomic E-state index is 0.0792. The van der Waals surface area contributed by atoms with Crippen LogP contribution in [-0.2, 0) is 4.74 Å². The molecule has 2 aromatic rings. The van der Waals surface area contributed by atoms with Crippen molar-refractivity contribution in [2.24, 2.45) is 0 Å². The zero-order chi connectivity index (χ0) is 16.8. The van der Waals surface area contributed by atoms with E-state index in [2.05, 4.69) is 33.6 Å². The van der Waals surface area contributed by atoms with E-state index >= 15 is 0 Å². The molecule has 1 saturated carbocycles. The Morgan fingerprint density at radius 3 is 2.79 bits per heavy atom. The number of hydrogen-bond acceptors (Lipinski definition) is 4. The summed E-state index contributed by atoms with van der Waals surface area (Å²) in [7, 11) is 0. The summed E-state index contributed by atoms with van der Waals surface area (Å²) < 4.78 is 8.07. The van der Waals surface area contributed by atoms with Gasteiger partial charge in [-0.1, -0.05) is 0 Å². The van der Waals surface area contributed by atoms with Crippen LogP contribution in [0.1, 0.15) is 58.4 Å². The molecule has 0 bridgehead atoms. The number of amides is 1. The molecule has 1 saturated heterocycles. The maximum Gasteiger partial charge on any atom is 0.255 e. The summed E-state index contributed by atoms with van der Waals surface area (Å²) in [5, 5.41) is 7.00. The average molecular weight is 329 g/mol. The number of nitrogens with one attached hydrogen (secondary N) is 1. The molecule has 1 atom stereocenters. The third kappa shape index (κ3) is 2.62. The van der Waals surface area contributed by atoms with Crippen LogP contribution < -0.4 is 0 Å². The van der Waals surface area contributed by atoms with Crippen LogP contribution in [0.3, 0.4) is 0 Å². The van der Waals surface area contributed by atoms with Gasteiger partial charge in [0.1, 0.15) is 11.9 Å². The summed E-state index contributed by atoms with van der Waals surface area (Å²) in [5.74, 6) is 1.45. The number of H-pyrrole nitrogens is 1. The van der Waals surface area contributed by atoms with E-state index in [0.717, 1.165) is 17.1 Å². The van der Waals surface area contributed by atoms with Crippen LogP contribution in [0, 0.1) is 20.8 Å². The maximum absolute atomic E-state index is 13.0. The second kappa shape index (κ2) is 5.73. The van der Waals surface area contributed by atoms with Crippen molar-refractivity contribution in [1.29, 1.82) is 0 Å². The average Bonchev–Trinajstić information content (AvgIpc) is 3.24. The monoisotopic (exact) mass is 329 g/mol. The Labute approximate surface area is 141 Å². The molecule has 7 nitrogen and oxygen atoms in total. The Morgan fingerprint density at radius 1 is 1.33 bits per heavy atom. The van der Waals surface area contributed by atoms with Gasteiger partial charge in [-0.25, -0.2) is 4.98 Å². The highest BCUT2D eigenvalue weighted by Gasteiger charge is 2.32. The molecule has 128 valence electrons. The molecule has 2 aromatic heterocycles. The SMILES string of the molecule is Cc1nc(C2CN(C(=O)c3cc(C)n(C4CC4)c3C)CCO2)n[nH]1. The number of carbonyl (C=O) groups excluding carboxylic acids is 1. The molecule has 1 N–H and O–H groups in total. The smallest absolute Gasteiger partial charge is 0.255 e. The Kier molecular flexibility index (Phi) is 3.68. The van der Waals surface area contributed by atoms with Gasteiger partial charge in [0.25, 0.3) is 5.91 Å². The minimum Gasteiger partial charge on any atom is -0.366 e. The first-order chi connectivity index (χ1) is 11.5. The van der Waals surface area contributed by atoms with E-state index in [9.17, 15) is 4.79 Å². The van der Waals surface area contributed by atoms with Gasteiger partial charge in [0.15, 0.2) is 5.82 Å². The van der Waals surface area contributed by atoms with Crippen LogP contribution in [0.25, 0.3) is 0 Å².